The molecule has 1 aliphatic heterocycles. The summed E-state index contributed by atoms with van der Waals surface area (Å²) in [5.74, 6) is 1.25. The van der Waals surface area contributed by atoms with Crippen LogP contribution < -0.4 is 10.1 Å². The maximum Gasteiger partial charge on any atom is 0.230 e. The highest BCUT2D eigenvalue weighted by molar-refractivity contribution is 8.01. The second-order valence-electron chi connectivity index (χ2n) is 5.95. The molecule has 0 spiro atoms. The molecule has 4 nitrogen and oxygen atoms in total. The minimum absolute atomic E-state index is 0.0178. The van der Waals surface area contributed by atoms with Crippen LogP contribution in [0, 0.1) is 0 Å². The van der Waals surface area contributed by atoms with Crippen LogP contribution in [0.5, 0.6) is 5.75 Å². The number of amides is 1. The van der Waals surface area contributed by atoms with E-state index in [-0.39, 0.29) is 11.9 Å². The lowest BCUT2D eigenvalue weighted by atomic mass is 10.0. The molecule has 0 radical (unpaired) electrons. The van der Waals surface area contributed by atoms with Crippen LogP contribution in [0.15, 0.2) is 64.3 Å². The Morgan fingerprint density at radius 3 is 2.88 bits per heavy atom. The number of carbonyl (C=O) groups is 1. The summed E-state index contributed by atoms with van der Waals surface area (Å²) in [5.41, 5.74) is 3.11. The van der Waals surface area contributed by atoms with Crippen molar-refractivity contribution in [3.05, 3.63) is 65.5 Å². The number of thioether (sulfide) groups is 1. The van der Waals surface area contributed by atoms with Gasteiger partial charge in [0.25, 0.3) is 0 Å². The Balaban J connectivity index is 1.35. The first-order chi connectivity index (χ1) is 12.8. The number of rotatable bonds is 5. The second kappa shape index (κ2) is 7.93. The van der Waals surface area contributed by atoms with Crippen molar-refractivity contribution in [2.24, 2.45) is 0 Å². The number of para-hydroxylation sites is 1. The van der Waals surface area contributed by atoms with E-state index in [0.717, 1.165) is 33.3 Å². The van der Waals surface area contributed by atoms with E-state index in [0.29, 0.717) is 12.4 Å². The highest BCUT2D eigenvalue weighted by Gasteiger charge is 2.22. The van der Waals surface area contributed by atoms with Crippen LogP contribution in [0.4, 0.5) is 0 Å². The fraction of sp³-hybridized carbons (Fsp3) is 0.200. The zero-order valence-electron chi connectivity index (χ0n) is 14.1. The van der Waals surface area contributed by atoms with Gasteiger partial charge in [0.15, 0.2) is 4.34 Å². The third-order valence-corrected chi connectivity index (χ3v) is 6.19. The van der Waals surface area contributed by atoms with Gasteiger partial charge in [-0.05, 0) is 6.07 Å². The molecule has 4 rings (SSSR count). The molecule has 6 heteroatoms. The van der Waals surface area contributed by atoms with Gasteiger partial charge < -0.3 is 10.1 Å². The van der Waals surface area contributed by atoms with Gasteiger partial charge in [-0.1, -0.05) is 60.3 Å². The fourth-order valence-electron chi connectivity index (χ4n) is 2.92. The lowest BCUT2D eigenvalue weighted by molar-refractivity contribution is -0.119. The average molecular weight is 383 g/mol. The number of hydrogen-bond acceptors (Lipinski definition) is 5. The van der Waals surface area contributed by atoms with E-state index in [9.17, 15) is 4.79 Å². The monoisotopic (exact) mass is 382 g/mol. The lowest BCUT2D eigenvalue weighted by Gasteiger charge is -2.26. The predicted molar refractivity (Wildman–Crippen MR) is 106 cm³/mol. The summed E-state index contributed by atoms with van der Waals surface area (Å²) in [4.78, 5) is 17.0. The normalized spacial score (nSPS) is 15.8. The molecule has 1 aromatic heterocycles. The molecule has 0 unspecified atom stereocenters. The molecule has 3 aromatic rings. The Kier molecular flexibility index (Phi) is 5.22. The van der Waals surface area contributed by atoms with Crippen molar-refractivity contribution in [2.45, 2.75) is 16.8 Å². The van der Waals surface area contributed by atoms with Crippen molar-refractivity contribution in [3.63, 3.8) is 0 Å². The van der Waals surface area contributed by atoms with Gasteiger partial charge in [0.1, 0.15) is 5.75 Å². The first-order valence-electron chi connectivity index (χ1n) is 8.44. The van der Waals surface area contributed by atoms with E-state index in [4.69, 9.17) is 4.74 Å². The molecule has 1 N–H and O–H groups in total. The van der Waals surface area contributed by atoms with E-state index in [1.807, 2.05) is 60.0 Å². The maximum absolute atomic E-state index is 12.4. The largest absolute Gasteiger partial charge is 0.493 e. The highest BCUT2D eigenvalue weighted by Crippen LogP contribution is 2.32. The molecular formula is C20H18N2O2S2. The van der Waals surface area contributed by atoms with Crippen molar-refractivity contribution >= 4 is 29.0 Å². The smallest absolute Gasteiger partial charge is 0.230 e. The minimum Gasteiger partial charge on any atom is -0.493 e. The van der Waals surface area contributed by atoms with Crippen molar-refractivity contribution < 1.29 is 9.53 Å². The molecule has 0 fully saturated rings. The zero-order chi connectivity index (χ0) is 17.8. The maximum atomic E-state index is 12.4. The van der Waals surface area contributed by atoms with Crippen LogP contribution in [0.25, 0.3) is 11.3 Å². The molecular weight excluding hydrogens is 364 g/mol. The van der Waals surface area contributed by atoms with Gasteiger partial charge in [-0.15, -0.1) is 11.3 Å². The quantitative estimate of drug-likeness (QED) is 0.658. The molecule has 0 bridgehead atoms. The summed E-state index contributed by atoms with van der Waals surface area (Å²) in [7, 11) is 0. The molecule has 0 saturated heterocycles. The predicted octanol–water partition coefficient (Wildman–Crippen LogP) is 4.54. The first-order valence-corrected chi connectivity index (χ1v) is 10.3. The van der Waals surface area contributed by atoms with Crippen LogP contribution in [0.2, 0.25) is 0 Å². The Hall–Kier alpha value is -2.31. The van der Waals surface area contributed by atoms with E-state index in [2.05, 4.69) is 10.3 Å². The lowest BCUT2D eigenvalue weighted by Crippen LogP contribution is -2.33. The summed E-state index contributed by atoms with van der Waals surface area (Å²) in [6.07, 6.45) is 0.794. The first kappa shape index (κ1) is 17.1. The van der Waals surface area contributed by atoms with Crippen molar-refractivity contribution in [1.82, 2.24) is 10.3 Å². The number of carbonyl (C=O) groups excluding carboxylic acids is 1. The molecule has 0 saturated carbocycles. The van der Waals surface area contributed by atoms with Gasteiger partial charge >= 0.3 is 0 Å². The number of aromatic nitrogens is 1. The molecule has 2 aromatic carbocycles. The van der Waals surface area contributed by atoms with Gasteiger partial charge in [0.2, 0.25) is 5.91 Å². The van der Waals surface area contributed by atoms with Crippen molar-refractivity contribution in [2.75, 3.05) is 12.4 Å². The molecule has 2 heterocycles. The fourth-order valence-corrected chi connectivity index (χ4v) is 4.57. The number of benzene rings is 2. The van der Waals surface area contributed by atoms with Gasteiger partial charge in [-0.2, -0.15) is 0 Å². The van der Waals surface area contributed by atoms with Crippen LogP contribution in [0.3, 0.4) is 0 Å². The van der Waals surface area contributed by atoms with Gasteiger partial charge in [0.05, 0.1) is 24.1 Å². The Bertz CT molecular complexity index is 896. The molecule has 1 aliphatic rings. The SMILES string of the molecule is O=C(CSc1nc(-c2ccccc2)cs1)N[C@@H]1CCOc2ccccc21. The van der Waals surface area contributed by atoms with Crippen molar-refractivity contribution in [3.8, 4) is 17.0 Å². The average Bonchev–Trinajstić information content (AvgIpc) is 3.17. The number of nitrogens with one attached hydrogen (secondary N) is 1. The Morgan fingerprint density at radius 1 is 1.19 bits per heavy atom. The summed E-state index contributed by atoms with van der Waals surface area (Å²) in [6.45, 7) is 0.627. The summed E-state index contributed by atoms with van der Waals surface area (Å²) >= 11 is 3.05. The van der Waals surface area contributed by atoms with Crippen LogP contribution >= 0.6 is 23.1 Å². The van der Waals surface area contributed by atoms with Gasteiger partial charge in [0, 0.05) is 22.9 Å². The van der Waals surface area contributed by atoms with Gasteiger partial charge in [-0.25, -0.2) is 4.98 Å². The summed E-state index contributed by atoms with van der Waals surface area (Å²) in [6, 6.07) is 18.0. The third kappa shape index (κ3) is 3.92. The Labute approximate surface area is 160 Å². The second-order valence-corrected chi connectivity index (χ2v) is 8.03. The minimum atomic E-state index is 0.0178. The molecule has 132 valence electrons. The van der Waals surface area contributed by atoms with E-state index < -0.39 is 0 Å². The van der Waals surface area contributed by atoms with Crippen LogP contribution in [-0.4, -0.2) is 23.3 Å². The Morgan fingerprint density at radius 2 is 2.00 bits per heavy atom. The molecule has 1 amide bonds. The number of hydrogen-bond donors (Lipinski definition) is 1. The van der Waals surface area contributed by atoms with E-state index in [1.165, 1.54) is 11.8 Å². The third-order valence-electron chi connectivity index (χ3n) is 4.17. The molecule has 26 heavy (non-hydrogen) atoms. The van der Waals surface area contributed by atoms with E-state index >= 15 is 0 Å². The summed E-state index contributed by atoms with van der Waals surface area (Å²) in [5, 5.41) is 5.15. The van der Waals surface area contributed by atoms with Crippen LogP contribution in [-0.2, 0) is 4.79 Å². The molecule has 0 aliphatic carbocycles. The number of nitrogens with zero attached hydrogens (tertiary/aromatic N) is 1. The topological polar surface area (TPSA) is 51.2 Å². The standard InChI is InChI=1S/C20H18N2O2S2/c23-19(21-16-10-11-24-18-9-5-4-8-15(16)18)13-26-20-22-17(12-25-20)14-6-2-1-3-7-14/h1-9,12,16H,10-11,13H2,(H,21,23)/t16-/m1/s1. The zero-order valence-corrected chi connectivity index (χ0v) is 15.7. The van der Waals surface area contributed by atoms with Crippen molar-refractivity contribution in [1.29, 1.82) is 0 Å². The number of fused-ring (bicyclic) bond motifs is 1. The van der Waals surface area contributed by atoms with Crippen LogP contribution in [0.1, 0.15) is 18.0 Å². The molecule has 1 atom stereocenters. The number of thiazole rings is 1. The summed E-state index contributed by atoms with van der Waals surface area (Å²) < 4.78 is 6.55. The van der Waals surface area contributed by atoms with E-state index in [1.54, 1.807) is 11.3 Å². The highest BCUT2D eigenvalue weighted by atomic mass is 32.2. The number of ether oxygens (including phenoxy) is 1. The van der Waals surface area contributed by atoms with Gasteiger partial charge in [-0.3, -0.25) is 4.79 Å².